The first-order valence-corrected chi connectivity index (χ1v) is 7.09. The first kappa shape index (κ1) is 9.69. The lowest BCUT2D eigenvalue weighted by molar-refractivity contribution is -0.641. The van der Waals surface area contributed by atoms with E-state index in [1.807, 2.05) is 23.7 Å². The minimum absolute atomic E-state index is 0.960. The van der Waals surface area contributed by atoms with E-state index in [0.717, 1.165) is 6.54 Å². The van der Waals surface area contributed by atoms with E-state index in [2.05, 4.69) is 50.6 Å². The highest BCUT2D eigenvalue weighted by atomic mass is 32.1. The Bertz CT molecular complexity index is 949. The predicted molar refractivity (Wildman–Crippen MR) is 75.3 cm³/mol. The van der Waals surface area contributed by atoms with Crippen molar-refractivity contribution in [2.45, 2.75) is 6.54 Å². The lowest BCUT2D eigenvalue weighted by atomic mass is 10.2. The zero-order valence-electron chi connectivity index (χ0n) is 10.1. The summed E-state index contributed by atoms with van der Waals surface area (Å²) in [6, 6.07) is 8.48. The van der Waals surface area contributed by atoms with Gasteiger partial charge in [0.15, 0.2) is 6.54 Å². The van der Waals surface area contributed by atoms with Crippen molar-refractivity contribution in [3.05, 3.63) is 54.6 Å². The van der Waals surface area contributed by atoms with Crippen LogP contribution in [0.2, 0.25) is 0 Å². The normalized spacial score (nSPS) is 13.1. The Morgan fingerprint density at radius 2 is 2.26 bits per heavy atom. The van der Waals surface area contributed by atoms with Crippen LogP contribution < -0.4 is 4.57 Å². The maximum Gasteiger partial charge on any atom is 0.272 e. The Labute approximate surface area is 113 Å². The van der Waals surface area contributed by atoms with E-state index in [1.54, 1.807) is 0 Å². The van der Waals surface area contributed by atoms with Crippen LogP contribution in [0.25, 0.3) is 26.3 Å². The van der Waals surface area contributed by atoms with Gasteiger partial charge in [0.2, 0.25) is 5.52 Å². The highest BCUT2D eigenvalue weighted by Crippen LogP contribution is 2.36. The van der Waals surface area contributed by atoms with Crippen LogP contribution in [0.1, 0.15) is 5.56 Å². The molecule has 0 atom stereocenters. The quantitative estimate of drug-likeness (QED) is 0.394. The Kier molecular flexibility index (Phi) is 1.64. The molecule has 0 aromatic carbocycles. The van der Waals surface area contributed by atoms with Crippen LogP contribution in [0.4, 0.5) is 0 Å². The topological polar surface area (TPSA) is 21.2 Å². The summed E-state index contributed by atoms with van der Waals surface area (Å²) in [7, 11) is 0. The van der Waals surface area contributed by atoms with E-state index in [9.17, 15) is 0 Å². The van der Waals surface area contributed by atoms with Crippen molar-refractivity contribution in [3.63, 3.8) is 0 Å². The summed E-state index contributed by atoms with van der Waals surface area (Å²) in [5, 5.41) is 1.33. The van der Waals surface area contributed by atoms with Gasteiger partial charge in [-0.3, -0.25) is 4.98 Å². The molecule has 5 heterocycles. The molecule has 0 saturated carbocycles. The third kappa shape index (κ3) is 1.12. The van der Waals surface area contributed by atoms with Gasteiger partial charge in [0.25, 0.3) is 5.01 Å². The summed E-state index contributed by atoms with van der Waals surface area (Å²) < 4.78 is 5.97. The van der Waals surface area contributed by atoms with Gasteiger partial charge in [0.1, 0.15) is 10.2 Å². The Morgan fingerprint density at radius 1 is 1.26 bits per heavy atom. The maximum absolute atomic E-state index is 4.26. The maximum atomic E-state index is 4.26. The van der Waals surface area contributed by atoms with Gasteiger partial charge in [0, 0.05) is 30.4 Å². The van der Waals surface area contributed by atoms with E-state index >= 15 is 0 Å². The van der Waals surface area contributed by atoms with Gasteiger partial charge in [-0.25, -0.2) is 0 Å². The Balaban J connectivity index is 1.94. The van der Waals surface area contributed by atoms with E-state index in [0.29, 0.717) is 0 Å². The number of nitrogens with zero attached hydrogens (tertiary/aromatic N) is 3. The molecule has 4 heteroatoms. The highest BCUT2D eigenvalue weighted by molar-refractivity contribution is 7.21. The van der Waals surface area contributed by atoms with Gasteiger partial charge >= 0.3 is 0 Å². The van der Waals surface area contributed by atoms with E-state index < -0.39 is 0 Å². The molecule has 0 fully saturated rings. The molecule has 0 radical (unpaired) electrons. The van der Waals surface area contributed by atoms with Crippen LogP contribution >= 0.6 is 11.3 Å². The van der Waals surface area contributed by atoms with Gasteiger partial charge < -0.3 is 4.40 Å². The molecule has 0 amide bonds. The fraction of sp³-hybridized carbons (Fsp3) is 0.0667. The van der Waals surface area contributed by atoms with Crippen LogP contribution in [0.15, 0.2) is 49.1 Å². The second-order valence-electron chi connectivity index (χ2n) is 4.86. The Morgan fingerprint density at radius 3 is 3.26 bits per heavy atom. The van der Waals surface area contributed by atoms with Gasteiger partial charge in [-0.1, -0.05) is 17.4 Å². The highest BCUT2D eigenvalue weighted by Gasteiger charge is 2.33. The third-order valence-corrected chi connectivity index (χ3v) is 4.97. The number of rotatable bonds is 0. The van der Waals surface area contributed by atoms with Crippen molar-refractivity contribution < 1.29 is 4.57 Å². The molecule has 0 N–H and O–H groups in total. The number of fused-ring (bicyclic) bond motifs is 7. The molecule has 5 rings (SSSR count). The fourth-order valence-corrected chi connectivity index (χ4v) is 4.21. The lowest BCUT2D eigenvalue weighted by Gasteiger charge is -1.91. The summed E-state index contributed by atoms with van der Waals surface area (Å²) in [5.74, 6) is 0. The van der Waals surface area contributed by atoms with Crippen LogP contribution in [-0.4, -0.2) is 9.38 Å². The first-order chi connectivity index (χ1) is 9.42. The van der Waals surface area contributed by atoms with E-state index in [1.165, 1.54) is 31.9 Å². The van der Waals surface area contributed by atoms with Gasteiger partial charge in [-0.2, -0.15) is 4.57 Å². The zero-order valence-corrected chi connectivity index (χ0v) is 10.9. The monoisotopic (exact) mass is 264 g/mol. The molecule has 0 spiro atoms. The minimum Gasteiger partial charge on any atom is -0.317 e. The van der Waals surface area contributed by atoms with Crippen LogP contribution in [-0.2, 0) is 6.54 Å². The average molecular weight is 264 g/mol. The SMILES string of the molecule is c1ccn2cc3sc4[n+](c3c2c1)Cc1ccncc1-4. The summed E-state index contributed by atoms with van der Waals surface area (Å²) in [6.45, 7) is 0.960. The Hall–Kier alpha value is -2.20. The summed E-state index contributed by atoms with van der Waals surface area (Å²) in [5.41, 5.74) is 5.29. The number of hydrogen-bond acceptors (Lipinski definition) is 2. The fourth-order valence-electron chi connectivity index (χ4n) is 2.97. The lowest BCUT2D eigenvalue weighted by Crippen LogP contribution is -2.30. The number of hydrogen-bond donors (Lipinski definition) is 0. The van der Waals surface area contributed by atoms with Crippen LogP contribution in [0.5, 0.6) is 0 Å². The van der Waals surface area contributed by atoms with Crippen molar-refractivity contribution in [2.24, 2.45) is 0 Å². The van der Waals surface area contributed by atoms with Crippen molar-refractivity contribution in [3.8, 4) is 10.6 Å². The molecule has 1 aliphatic rings. The first-order valence-electron chi connectivity index (χ1n) is 6.27. The molecule has 0 aliphatic carbocycles. The smallest absolute Gasteiger partial charge is 0.272 e. The van der Waals surface area contributed by atoms with Gasteiger partial charge in [-0.05, 0) is 18.2 Å². The molecular weight excluding hydrogens is 254 g/mol. The van der Waals surface area contributed by atoms with Crippen LogP contribution in [0.3, 0.4) is 0 Å². The molecule has 1 aliphatic heterocycles. The molecular formula is C15H10N3S+. The number of aromatic nitrogens is 3. The molecule has 0 saturated heterocycles. The molecule has 4 aromatic heterocycles. The standard InChI is InChI=1S/C15H10N3S/c1-2-6-17-9-13-14(12(17)3-1)18-8-10-4-5-16-7-11(10)15(18)19-13/h1-7,9H,8H2/q+1. The average Bonchev–Trinajstić information content (AvgIpc) is 3.05. The van der Waals surface area contributed by atoms with Crippen molar-refractivity contribution in [1.29, 1.82) is 0 Å². The second kappa shape index (κ2) is 3.22. The summed E-state index contributed by atoms with van der Waals surface area (Å²) in [4.78, 5) is 4.26. The second-order valence-corrected chi connectivity index (χ2v) is 5.89. The van der Waals surface area contributed by atoms with Crippen molar-refractivity contribution in [2.75, 3.05) is 0 Å². The van der Waals surface area contributed by atoms with Crippen molar-refractivity contribution >= 4 is 27.1 Å². The van der Waals surface area contributed by atoms with E-state index in [-0.39, 0.29) is 0 Å². The summed E-state index contributed by atoms with van der Waals surface area (Å²) >= 11 is 1.86. The molecule has 0 bridgehead atoms. The van der Waals surface area contributed by atoms with Crippen molar-refractivity contribution in [1.82, 2.24) is 9.38 Å². The van der Waals surface area contributed by atoms with Crippen LogP contribution in [0, 0.1) is 0 Å². The van der Waals surface area contributed by atoms with E-state index in [4.69, 9.17) is 0 Å². The molecule has 90 valence electrons. The molecule has 4 aromatic rings. The largest absolute Gasteiger partial charge is 0.317 e. The third-order valence-electron chi connectivity index (χ3n) is 3.81. The molecule has 0 unspecified atom stereocenters. The summed E-state index contributed by atoms with van der Waals surface area (Å²) in [6.07, 6.45) is 8.19. The van der Waals surface area contributed by atoms with Gasteiger partial charge in [0.05, 0.1) is 5.56 Å². The number of pyridine rings is 2. The van der Waals surface area contributed by atoms with Gasteiger partial charge in [-0.15, -0.1) is 0 Å². The predicted octanol–water partition coefficient (Wildman–Crippen LogP) is 2.87. The molecule has 19 heavy (non-hydrogen) atoms. The zero-order chi connectivity index (χ0) is 12.4. The number of thiazole rings is 1. The molecule has 3 nitrogen and oxygen atoms in total. The minimum atomic E-state index is 0.960.